The van der Waals surface area contributed by atoms with Crippen molar-refractivity contribution in [2.75, 3.05) is 10.6 Å². The van der Waals surface area contributed by atoms with Gasteiger partial charge in [-0.2, -0.15) is 0 Å². The quantitative estimate of drug-likeness (QED) is 0.785. The first kappa shape index (κ1) is 14.9. The van der Waals surface area contributed by atoms with Crippen LogP contribution in [0, 0.1) is 6.92 Å². The molecule has 110 valence electrons. The molecular formula is C17H21N3O. The number of hydrogen-bond donors (Lipinski definition) is 3. The summed E-state index contributed by atoms with van der Waals surface area (Å²) in [4.78, 5) is 11.6. The first-order valence-electron chi connectivity index (χ1n) is 7.04. The summed E-state index contributed by atoms with van der Waals surface area (Å²) in [5, 5.41) is 8.89. The highest BCUT2D eigenvalue weighted by Gasteiger charge is 2.03. The molecule has 0 aliphatic carbocycles. The van der Waals surface area contributed by atoms with E-state index < -0.39 is 0 Å². The molecule has 0 heterocycles. The Morgan fingerprint density at radius 1 is 0.857 bits per heavy atom. The lowest BCUT2D eigenvalue weighted by atomic mass is 10.2. The molecule has 2 aromatic rings. The average Bonchev–Trinajstić information content (AvgIpc) is 2.42. The molecule has 0 atom stereocenters. The zero-order valence-electron chi connectivity index (χ0n) is 12.6. The molecule has 2 aromatic carbocycles. The zero-order chi connectivity index (χ0) is 15.2. The fourth-order valence-corrected chi connectivity index (χ4v) is 1.87. The summed E-state index contributed by atoms with van der Waals surface area (Å²) in [5.41, 5.74) is 4.02. The maximum atomic E-state index is 11.6. The molecule has 0 bridgehead atoms. The number of anilines is 3. The van der Waals surface area contributed by atoms with Crippen LogP contribution in [0.1, 0.15) is 19.4 Å². The van der Waals surface area contributed by atoms with Gasteiger partial charge < -0.3 is 16.0 Å². The Balaban J connectivity index is 1.95. The predicted octanol–water partition coefficient (Wildman–Crippen LogP) is 4.27. The number of nitrogens with one attached hydrogen (secondary N) is 3. The van der Waals surface area contributed by atoms with Crippen molar-refractivity contribution in [2.24, 2.45) is 0 Å². The van der Waals surface area contributed by atoms with Gasteiger partial charge in [0.05, 0.1) is 0 Å². The second kappa shape index (κ2) is 6.79. The van der Waals surface area contributed by atoms with Crippen LogP contribution in [0.5, 0.6) is 0 Å². The molecular weight excluding hydrogens is 262 g/mol. The number of carbonyl (C=O) groups is 1. The standard InChI is InChI=1S/C17H21N3O/c1-12(2)18-17(21)20-16-10-8-15(9-11-16)19-14-6-4-13(3)5-7-14/h4-12,19H,1-3H3,(H2,18,20,21). The van der Waals surface area contributed by atoms with Gasteiger partial charge in [0.1, 0.15) is 0 Å². The van der Waals surface area contributed by atoms with E-state index in [0.717, 1.165) is 17.1 Å². The Labute approximate surface area is 125 Å². The molecule has 4 nitrogen and oxygen atoms in total. The van der Waals surface area contributed by atoms with Crippen molar-refractivity contribution in [1.29, 1.82) is 0 Å². The SMILES string of the molecule is Cc1ccc(Nc2ccc(NC(=O)NC(C)C)cc2)cc1. The van der Waals surface area contributed by atoms with Crippen LogP contribution in [0.2, 0.25) is 0 Å². The summed E-state index contributed by atoms with van der Waals surface area (Å²) in [7, 11) is 0. The van der Waals surface area contributed by atoms with E-state index in [0.29, 0.717) is 0 Å². The molecule has 4 heteroatoms. The Bertz CT molecular complexity index is 588. The summed E-state index contributed by atoms with van der Waals surface area (Å²) >= 11 is 0. The molecule has 0 aliphatic heterocycles. The maximum absolute atomic E-state index is 11.6. The van der Waals surface area contributed by atoms with Crippen molar-refractivity contribution >= 4 is 23.1 Å². The topological polar surface area (TPSA) is 53.2 Å². The van der Waals surface area contributed by atoms with Gasteiger partial charge in [0.2, 0.25) is 0 Å². The first-order chi connectivity index (χ1) is 10.0. The number of urea groups is 1. The van der Waals surface area contributed by atoms with Crippen LogP contribution in [0.4, 0.5) is 21.9 Å². The van der Waals surface area contributed by atoms with Crippen LogP contribution in [-0.4, -0.2) is 12.1 Å². The third kappa shape index (κ3) is 4.84. The van der Waals surface area contributed by atoms with Crippen LogP contribution < -0.4 is 16.0 Å². The number of amides is 2. The monoisotopic (exact) mass is 283 g/mol. The van der Waals surface area contributed by atoms with Gasteiger partial charge >= 0.3 is 6.03 Å². The Morgan fingerprint density at radius 3 is 1.86 bits per heavy atom. The molecule has 0 unspecified atom stereocenters. The third-order valence-electron chi connectivity index (χ3n) is 2.90. The van der Waals surface area contributed by atoms with Crippen LogP contribution in [-0.2, 0) is 0 Å². The van der Waals surface area contributed by atoms with Crippen molar-refractivity contribution < 1.29 is 4.79 Å². The van der Waals surface area contributed by atoms with E-state index in [-0.39, 0.29) is 12.1 Å². The Kier molecular flexibility index (Phi) is 4.82. The van der Waals surface area contributed by atoms with Crippen molar-refractivity contribution in [3.63, 3.8) is 0 Å². The van der Waals surface area contributed by atoms with Gasteiger partial charge in [-0.05, 0) is 57.2 Å². The fraction of sp³-hybridized carbons (Fsp3) is 0.235. The van der Waals surface area contributed by atoms with Gasteiger partial charge in [-0.15, -0.1) is 0 Å². The fourth-order valence-electron chi connectivity index (χ4n) is 1.87. The van der Waals surface area contributed by atoms with Crippen molar-refractivity contribution in [3.05, 3.63) is 54.1 Å². The molecule has 21 heavy (non-hydrogen) atoms. The number of carbonyl (C=O) groups excluding carboxylic acids is 1. The molecule has 2 amide bonds. The van der Waals surface area contributed by atoms with Crippen LogP contribution >= 0.6 is 0 Å². The molecule has 0 radical (unpaired) electrons. The molecule has 0 saturated carbocycles. The van der Waals surface area contributed by atoms with Crippen molar-refractivity contribution in [1.82, 2.24) is 5.32 Å². The third-order valence-corrected chi connectivity index (χ3v) is 2.90. The molecule has 0 aliphatic rings. The second-order valence-electron chi connectivity index (χ2n) is 5.32. The van der Waals surface area contributed by atoms with Crippen LogP contribution in [0.3, 0.4) is 0 Å². The van der Waals surface area contributed by atoms with Gasteiger partial charge in [0, 0.05) is 23.1 Å². The molecule has 0 spiro atoms. The minimum Gasteiger partial charge on any atom is -0.356 e. The van der Waals surface area contributed by atoms with Crippen molar-refractivity contribution in [3.8, 4) is 0 Å². The van der Waals surface area contributed by atoms with Gasteiger partial charge in [-0.1, -0.05) is 17.7 Å². The molecule has 3 N–H and O–H groups in total. The molecule has 0 saturated heterocycles. The van der Waals surface area contributed by atoms with E-state index in [1.807, 2.05) is 50.2 Å². The number of aryl methyl sites for hydroxylation is 1. The van der Waals surface area contributed by atoms with E-state index in [1.54, 1.807) is 0 Å². The van der Waals surface area contributed by atoms with Gasteiger partial charge in [0.25, 0.3) is 0 Å². The van der Waals surface area contributed by atoms with Gasteiger partial charge in [-0.3, -0.25) is 0 Å². The zero-order valence-corrected chi connectivity index (χ0v) is 12.6. The maximum Gasteiger partial charge on any atom is 0.319 e. The smallest absolute Gasteiger partial charge is 0.319 e. The Hall–Kier alpha value is -2.49. The average molecular weight is 283 g/mol. The Morgan fingerprint density at radius 2 is 1.33 bits per heavy atom. The van der Waals surface area contributed by atoms with E-state index in [4.69, 9.17) is 0 Å². The molecule has 2 rings (SSSR count). The highest BCUT2D eigenvalue weighted by atomic mass is 16.2. The molecule has 0 fully saturated rings. The highest BCUT2D eigenvalue weighted by molar-refractivity contribution is 5.89. The lowest BCUT2D eigenvalue weighted by Crippen LogP contribution is -2.34. The summed E-state index contributed by atoms with van der Waals surface area (Å²) < 4.78 is 0. The largest absolute Gasteiger partial charge is 0.356 e. The predicted molar refractivity (Wildman–Crippen MR) is 88.2 cm³/mol. The summed E-state index contributed by atoms with van der Waals surface area (Å²) in [6, 6.07) is 15.7. The van der Waals surface area contributed by atoms with Crippen LogP contribution in [0.15, 0.2) is 48.5 Å². The minimum absolute atomic E-state index is 0.118. The lowest BCUT2D eigenvalue weighted by Gasteiger charge is -2.11. The number of rotatable bonds is 4. The first-order valence-corrected chi connectivity index (χ1v) is 7.04. The highest BCUT2D eigenvalue weighted by Crippen LogP contribution is 2.19. The van der Waals surface area contributed by atoms with E-state index in [9.17, 15) is 4.79 Å². The van der Waals surface area contributed by atoms with Gasteiger partial charge in [-0.25, -0.2) is 4.79 Å². The summed E-state index contributed by atoms with van der Waals surface area (Å²) in [6.45, 7) is 5.91. The van der Waals surface area contributed by atoms with E-state index in [1.165, 1.54) is 5.56 Å². The number of hydrogen-bond acceptors (Lipinski definition) is 2. The summed E-state index contributed by atoms with van der Waals surface area (Å²) in [5.74, 6) is 0. The van der Waals surface area contributed by atoms with Gasteiger partial charge in [0.15, 0.2) is 0 Å². The van der Waals surface area contributed by atoms with E-state index in [2.05, 4.69) is 35.0 Å². The lowest BCUT2D eigenvalue weighted by molar-refractivity contribution is 0.250. The van der Waals surface area contributed by atoms with Crippen LogP contribution in [0.25, 0.3) is 0 Å². The van der Waals surface area contributed by atoms with E-state index >= 15 is 0 Å². The molecule has 0 aromatic heterocycles. The minimum atomic E-state index is -0.191. The second-order valence-corrected chi connectivity index (χ2v) is 5.32. The van der Waals surface area contributed by atoms with Crippen molar-refractivity contribution in [2.45, 2.75) is 26.8 Å². The number of benzene rings is 2. The summed E-state index contributed by atoms with van der Waals surface area (Å²) in [6.07, 6.45) is 0. The normalized spacial score (nSPS) is 10.3.